The minimum Gasteiger partial charge on any atom is -0.450 e. The first-order valence-electron chi connectivity index (χ1n) is 5.92. The first-order chi connectivity index (χ1) is 10.8. The van der Waals surface area contributed by atoms with Crippen molar-refractivity contribution in [2.45, 2.75) is 16.2 Å². The summed E-state index contributed by atoms with van der Waals surface area (Å²) in [7, 11) is -5.03. The molecule has 1 aromatic rings. The number of hydrogen-bond acceptors (Lipinski definition) is 6. The molecule has 0 aliphatic rings. The summed E-state index contributed by atoms with van der Waals surface area (Å²) < 4.78 is 70.7. The van der Waals surface area contributed by atoms with Crippen molar-refractivity contribution in [3.8, 4) is 0 Å². The molecule has 0 amide bonds. The summed E-state index contributed by atoms with van der Waals surface area (Å²) in [6.07, 6.45) is -8.23. The lowest BCUT2D eigenvalue weighted by Gasteiger charge is -2.21. The SMILES string of the molecule is O=C(OC(CS(=O)(=O)O)C(F)(F)F)C(I)c1ccc([N+](=O)[O-])cc1. The number of carbonyl (C=O) groups excluding carboxylic acids is 1. The smallest absolute Gasteiger partial charge is 0.426 e. The van der Waals surface area contributed by atoms with Gasteiger partial charge in [0.15, 0.2) is 0 Å². The third kappa shape index (κ3) is 6.20. The second-order valence-electron chi connectivity index (χ2n) is 4.43. The summed E-state index contributed by atoms with van der Waals surface area (Å²) in [4.78, 5) is 21.6. The Labute approximate surface area is 147 Å². The van der Waals surface area contributed by atoms with Crippen molar-refractivity contribution in [2.24, 2.45) is 0 Å². The second-order valence-corrected chi connectivity index (χ2v) is 7.17. The van der Waals surface area contributed by atoms with Gasteiger partial charge in [-0.05, 0) is 5.56 Å². The summed E-state index contributed by atoms with van der Waals surface area (Å²) in [5.41, 5.74) is -0.158. The molecule has 2 unspecified atom stereocenters. The zero-order valence-electron chi connectivity index (χ0n) is 11.4. The topological polar surface area (TPSA) is 124 Å². The fourth-order valence-electron chi connectivity index (χ4n) is 1.49. The molecular formula is C11H9F3INO7S. The minimum absolute atomic E-state index is 0.124. The maximum Gasteiger partial charge on any atom is 0.426 e. The van der Waals surface area contributed by atoms with Crippen LogP contribution >= 0.6 is 22.6 Å². The van der Waals surface area contributed by atoms with Crippen LogP contribution in [0.3, 0.4) is 0 Å². The number of halogens is 4. The van der Waals surface area contributed by atoms with Crippen LogP contribution in [0, 0.1) is 10.1 Å². The Morgan fingerprint density at radius 1 is 1.33 bits per heavy atom. The average molecular weight is 483 g/mol. The highest BCUT2D eigenvalue weighted by molar-refractivity contribution is 14.1. The molecule has 8 nitrogen and oxygen atoms in total. The molecule has 0 bridgehead atoms. The van der Waals surface area contributed by atoms with Gasteiger partial charge in [-0.2, -0.15) is 21.6 Å². The van der Waals surface area contributed by atoms with Gasteiger partial charge < -0.3 is 4.74 Å². The van der Waals surface area contributed by atoms with E-state index in [2.05, 4.69) is 4.74 Å². The molecular weight excluding hydrogens is 474 g/mol. The van der Waals surface area contributed by atoms with Crippen molar-refractivity contribution in [1.82, 2.24) is 0 Å². The molecule has 0 aliphatic heterocycles. The van der Waals surface area contributed by atoms with Crippen LogP contribution in [0.25, 0.3) is 0 Å². The largest absolute Gasteiger partial charge is 0.450 e. The van der Waals surface area contributed by atoms with Crippen molar-refractivity contribution in [1.29, 1.82) is 0 Å². The van der Waals surface area contributed by atoms with Crippen LogP contribution < -0.4 is 0 Å². The summed E-state index contributed by atoms with van der Waals surface area (Å²) in [6, 6.07) is 4.41. The molecule has 0 heterocycles. The lowest BCUT2D eigenvalue weighted by atomic mass is 10.1. The average Bonchev–Trinajstić information content (AvgIpc) is 2.43. The van der Waals surface area contributed by atoms with E-state index in [1.165, 1.54) is 22.6 Å². The van der Waals surface area contributed by atoms with Gasteiger partial charge in [-0.3, -0.25) is 19.5 Å². The lowest BCUT2D eigenvalue weighted by Crippen LogP contribution is -2.40. The van der Waals surface area contributed by atoms with Gasteiger partial charge in [0.2, 0.25) is 6.10 Å². The van der Waals surface area contributed by atoms with Gasteiger partial charge in [0.05, 0.1) is 4.92 Å². The zero-order valence-corrected chi connectivity index (χ0v) is 14.4. The standard InChI is InChI=1S/C11H9F3INO7S/c12-11(13,14)8(5-24(20,21)22)23-10(17)9(15)6-1-3-7(4-2-6)16(18)19/h1-4,8-9H,5H2,(H,20,21,22). The quantitative estimate of drug-likeness (QED) is 0.165. The van der Waals surface area contributed by atoms with Gasteiger partial charge in [-0.1, -0.05) is 34.7 Å². The van der Waals surface area contributed by atoms with Gasteiger partial charge >= 0.3 is 12.1 Å². The van der Waals surface area contributed by atoms with E-state index in [9.17, 15) is 36.5 Å². The first kappa shape index (κ1) is 20.6. The number of rotatable bonds is 6. The summed E-state index contributed by atoms with van der Waals surface area (Å²) in [6.45, 7) is 0. The molecule has 0 radical (unpaired) electrons. The van der Waals surface area contributed by atoms with Crippen LogP contribution in [0.2, 0.25) is 0 Å². The Balaban J connectivity index is 2.92. The number of nitro groups is 1. The Morgan fingerprint density at radius 3 is 2.21 bits per heavy atom. The van der Waals surface area contributed by atoms with Crippen molar-refractivity contribution >= 4 is 44.4 Å². The van der Waals surface area contributed by atoms with E-state index < -0.39 is 43.0 Å². The lowest BCUT2D eigenvalue weighted by molar-refractivity contribution is -0.384. The van der Waals surface area contributed by atoms with Gasteiger partial charge in [-0.15, -0.1) is 0 Å². The number of nitrogens with zero attached hydrogens (tertiary/aromatic N) is 1. The van der Waals surface area contributed by atoms with Gasteiger partial charge in [-0.25, -0.2) is 0 Å². The molecule has 2 atom stereocenters. The predicted molar refractivity (Wildman–Crippen MR) is 82.2 cm³/mol. The number of benzene rings is 1. The number of nitro benzene ring substituents is 1. The third-order valence-corrected chi connectivity index (χ3v) is 4.54. The third-order valence-electron chi connectivity index (χ3n) is 2.59. The molecule has 13 heteroatoms. The molecule has 1 aromatic carbocycles. The summed E-state index contributed by atoms with van der Waals surface area (Å²) in [5.74, 6) is -3.23. The van der Waals surface area contributed by atoms with Crippen LogP contribution in [0.15, 0.2) is 24.3 Å². The van der Waals surface area contributed by atoms with Crippen LogP contribution in [-0.2, 0) is 19.6 Å². The van der Waals surface area contributed by atoms with Crippen molar-refractivity contribution in [3.63, 3.8) is 0 Å². The van der Waals surface area contributed by atoms with Crippen molar-refractivity contribution in [2.75, 3.05) is 5.75 Å². The Hall–Kier alpha value is -1.48. The zero-order chi connectivity index (χ0) is 18.7. The van der Waals surface area contributed by atoms with Crippen molar-refractivity contribution in [3.05, 3.63) is 39.9 Å². The van der Waals surface area contributed by atoms with Gasteiger partial charge in [0, 0.05) is 12.1 Å². The number of carbonyl (C=O) groups is 1. The maximum absolute atomic E-state index is 12.7. The van der Waals surface area contributed by atoms with Crippen LogP contribution in [-0.4, -0.2) is 41.9 Å². The Bertz CT molecular complexity index is 720. The molecule has 1 rings (SSSR count). The predicted octanol–water partition coefficient (Wildman–Crippen LogP) is 2.43. The van der Waals surface area contributed by atoms with E-state index in [1.807, 2.05) is 0 Å². The highest BCUT2D eigenvalue weighted by Gasteiger charge is 2.46. The fraction of sp³-hybridized carbons (Fsp3) is 0.364. The molecule has 0 fully saturated rings. The normalized spacial score (nSPS) is 14.7. The molecule has 134 valence electrons. The van der Waals surface area contributed by atoms with E-state index in [1.54, 1.807) is 0 Å². The molecule has 0 aromatic heterocycles. The van der Waals surface area contributed by atoms with Gasteiger partial charge in [0.25, 0.3) is 15.8 Å². The van der Waals surface area contributed by atoms with Crippen LogP contribution in [0.5, 0.6) is 0 Å². The second kappa shape index (κ2) is 7.60. The molecule has 0 saturated carbocycles. The van der Waals surface area contributed by atoms with E-state index >= 15 is 0 Å². The van der Waals surface area contributed by atoms with Crippen LogP contribution in [0.1, 0.15) is 9.49 Å². The van der Waals surface area contributed by atoms with E-state index in [0.717, 1.165) is 24.3 Å². The number of ether oxygens (including phenoxy) is 1. The summed E-state index contributed by atoms with van der Waals surface area (Å²) >= 11 is 1.44. The van der Waals surface area contributed by atoms with Crippen LogP contribution in [0.4, 0.5) is 18.9 Å². The van der Waals surface area contributed by atoms with Crippen molar-refractivity contribution < 1.29 is 40.6 Å². The summed E-state index contributed by atoms with van der Waals surface area (Å²) in [5, 5.41) is 10.5. The molecule has 1 N–H and O–H groups in total. The number of alkyl halides is 4. The molecule has 0 spiro atoms. The van der Waals surface area contributed by atoms with E-state index in [-0.39, 0.29) is 11.3 Å². The number of esters is 1. The number of hydrogen-bond donors (Lipinski definition) is 1. The van der Waals surface area contributed by atoms with Gasteiger partial charge in [0.1, 0.15) is 9.68 Å². The Kier molecular flexibility index (Phi) is 6.52. The fourth-order valence-corrected chi connectivity index (χ4v) is 2.69. The highest BCUT2D eigenvalue weighted by atomic mass is 127. The Morgan fingerprint density at radius 2 is 1.83 bits per heavy atom. The minimum atomic E-state index is -5.20. The molecule has 0 saturated heterocycles. The first-order valence-corrected chi connectivity index (χ1v) is 8.77. The maximum atomic E-state index is 12.7. The molecule has 24 heavy (non-hydrogen) atoms. The van der Waals surface area contributed by atoms with E-state index in [4.69, 9.17) is 4.55 Å². The number of non-ortho nitro benzene ring substituents is 1. The van der Waals surface area contributed by atoms with E-state index in [0.29, 0.717) is 0 Å². The molecule has 0 aliphatic carbocycles. The highest BCUT2D eigenvalue weighted by Crippen LogP contribution is 2.30. The monoisotopic (exact) mass is 483 g/mol.